The number of fused-ring (bicyclic) bond motifs is 1. The predicted molar refractivity (Wildman–Crippen MR) is 326 cm³/mol. The molecule has 1 aliphatic heterocycles. The van der Waals surface area contributed by atoms with E-state index < -0.39 is 11.9 Å². The molecule has 14 nitrogen and oxygen atoms in total. The van der Waals surface area contributed by atoms with Gasteiger partial charge in [0, 0.05) is 47.1 Å². The van der Waals surface area contributed by atoms with Gasteiger partial charge in [-0.2, -0.15) is 23.9 Å². The van der Waals surface area contributed by atoms with E-state index in [0.717, 1.165) is 74.8 Å². The number of aromatic nitrogens is 5. The standard InChI is InChI=1S/C32H27N3O6S3.C30H33F3N2O2.CNS.Ru/c1-2-3-4-13-42-28-6-5-27(43-28)32-30-29(38-11-12-39-30)31(44-32)20-7-9-33-23(14-20)25-16-22(41-19-37)17-26(35-25)24-15-21(40-18-36)8-10-34-24;1-3-5-7-9-16-36-26-19-24(20-27(21-26)37-17-10-8-6-4-2)15-14-23-12-11-13-25(18-23)28-22-29(35-34-28)30(31,32)33;2-1-3;/h5-10,14-19H,2-4,11-13H2,1H3;11-12,18-22H,3-10,16-17H2,1-2H3;;/q;-2;-1;+3. The third kappa shape index (κ3) is 20.5. The number of thiocarbonyl (C=S) groups is 1. The van der Waals surface area contributed by atoms with Gasteiger partial charge >= 0.3 is 25.7 Å². The van der Waals surface area contributed by atoms with Crippen LogP contribution < -0.4 is 33.5 Å². The maximum Gasteiger partial charge on any atom is 3.00 e. The summed E-state index contributed by atoms with van der Waals surface area (Å²) < 4.78 is 74.3. The van der Waals surface area contributed by atoms with Crippen LogP contribution in [0.15, 0.2) is 108 Å². The van der Waals surface area contributed by atoms with Crippen molar-refractivity contribution in [1.82, 2.24) is 25.1 Å². The van der Waals surface area contributed by atoms with Crippen molar-refractivity contribution in [3.8, 4) is 101 Å². The van der Waals surface area contributed by atoms with Gasteiger partial charge in [0.05, 0.1) is 50.0 Å². The van der Waals surface area contributed by atoms with Crippen molar-refractivity contribution in [3.05, 3.63) is 132 Å². The first-order chi connectivity index (χ1) is 41.0. The Bertz CT molecular complexity index is 3490. The average molecular weight is 1320 g/mol. The van der Waals surface area contributed by atoms with Gasteiger partial charge in [0.25, 0.3) is 12.9 Å². The molecule has 0 N–H and O–H groups in total. The number of carbonyl (C=O) groups excluding carboxylic acids is 2. The molecule has 443 valence electrons. The van der Waals surface area contributed by atoms with Crippen molar-refractivity contribution in [2.75, 3.05) is 32.2 Å². The number of pyridine rings is 3. The van der Waals surface area contributed by atoms with Gasteiger partial charge in [0.2, 0.25) is 0 Å². The van der Waals surface area contributed by atoms with Gasteiger partial charge in [-0.3, -0.25) is 19.6 Å². The Kier molecular flexibility index (Phi) is 27.8. The molecule has 22 heteroatoms. The smallest absolute Gasteiger partial charge is 0.753 e. The minimum Gasteiger partial charge on any atom is -0.753 e. The summed E-state index contributed by atoms with van der Waals surface area (Å²) in [6, 6.07) is 29.0. The fraction of sp³-hybridized carbons (Fsp3) is 0.317. The van der Waals surface area contributed by atoms with Crippen LogP contribution in [-0.2, 0) is 35.2 Å². The second kappa shape index (κ2) is 35.3. The van der Waals surface area contributed by atoms with E-state index in [9.17, 15) is 22.8 Å². The minimum absolute atomic E-state index is 0. The van der Waals surface area contributed by atoms with Gasteiger partial charge in [-0.15, -0.1) is 58.7 Å². The molecule has 2 aromatic carbocycles. The number of ether oxygens (including phenoxy) is 6. The number of halogens is 3. The summed E-state index contributed by atoms with van der Waals surface area (Å²) in [5.74, 6) is 10.8. The molecule has 9 rings (SSSR count). The van der Waals surface area contributed by atoms with Gasteiger partial charge in [-0.25, -0.2) is 10.7 Å². The van der Waals surface area contributed by atoms with Crippen molar-refractivity contribution in [2.24, 2.45) is 0 Å². The van der Waals surface area contributed by atoms with Gasteiger partial charge in [-0.1, -0.05) is 108 Å². The molecule has 0 saturated heterocycles. The molecule has 0 fully saturated rings. The van der Waals surface area contributed by atoms with Crippen LogP contribution in [0.3, 0.4) is 0 Å². The van der Waals surface area contributed by atoms with E-state index in [1.165, 1.54) is 60.5 Å². The van der Waals surface area contributed by atoms with Crippen LogP contribution in [0.5, 0.6) is 34.5 Å². The first-order valence-corrected chi connectivity index (χ1v) is 30.3. The van der Waals surface area contributed by atoms with Crippen LogP contribution >= 0.6 is 46.7 Å². The number of carbonyl (C=O) groups is 2. The van der Waals surface area contributed by atoms with E-state index in [1.54, 1.807) is 71.3 Å². The molecule has 6 aromatic heterocycles. The summed E-state index contributed by atoms with van der Waals surface area (Å²) in [7, 11) is 0. The Hall–Kier alpha value is -7.24. The number of alkyl halides is 3. The maximum atomic E-state index is 12.9. The summed E-state index contributed by atoms with van der Waals surface area (Å²) in [6.45, 7) is 9.48. The zero-order chi connectivity index (χ0) is 59.5. The SMILES string of the molecule is CCCCCCOc1cc(C#Cc2cc[c-]c(-c3cc(C(F)(F)F)n[n-]3)c2)cc(OCCCCCC)c1.CCCCCSc1ccc(-c2sc(-c3ccnc(-c4cc(OC=O)cc(-c5cc(OC=O)ccn5)n4)c3)c3c2OCCO3)s1.[N-]=C=S.[Ru+3]. The molecule has 85 heavy (non-hydrogen) atoms. The number of nitrogens with zero attached hydrogens (tertiary/aromatic N) is 6. The zero-order valence-corrected chi connectivity index (χ0v) is 51.9. The number of thiophene rings is 2. The van der Waals surface area contributed by atoms with Gasteiger partial charge < -0.3 is 44.0 Å². The predicted octanol–water partition coefficient (Wildman–Crippen LogP) is 16.3. The quantitative estimate of drug-likeness (QED) is 0.00730. The molecule has 1 aliphatic rings. The summed E-state index contributed by atoms with van der Waals surface area (Å²) in [4.78, 5) is 38.9. The molecule has 0 aliphatic carbocycles. The Morgan fingerprint density at radius 2 is 1.29 bits per heavy atom. The molecule has 0 bridgehead atoms. The van der Waals surface area contributed by atoms with E-state index in [-0.39, 0.29) is 30.9 Å². The second-order valence-corrected chi connectivity index (χ2v) is 22.2. The number of isothiocyanates is 1. The molecule has 7 heterocycles. The number of hydrogen-bond donors (Lipinski definition) is 0. The molecule has 8 aromatic rings. The molecule has 0 saturated carbocycles. The molecule has 0 unspecified atom stereocenters. The average Bonchev–Trinajstić information content (AvgIpc) is 4.40. The monoisotopic (exact) mass is 1320 g/mol. The first-order valence-electron chi connectivity index (χ1n) is 27.3. The Balaban J connectivity index is 0.000000261. The van der Waals surface area contributed by atoms with E-state index >= 15 is 0 Å². The topological polar surface area (TPSA) is 177 Å². The van der Waals surface area contributed by atoms with E-state index in [1.807, 2.05) is 42.1 Å². The Morgan fingerprint density at radius 1 is 0.694 bits per heavy atom. The maximum absolute atomic E-state index is 12.9. The van der Waals surface area contributed by atoms with Crippen LogP contribution in [0.25, 0.3) is 59.6 Å². The van der Waals surface area contributed by atoms with Gasteiger partial charge in [0.15, 0.2) is 11.5 Å². The van der Waals surface area contributed by atoms with Crippen molar-refractivity contribution in [3.63, 3.8) is 0 Å². The molecule has 1 radical (unpaired) electrons. The minimum atomic E-state index is -4.54. The molecule has 0 amide bonds. The number of benzene rings is 2. The first kappa shape index (κ1) is 66.9. The largest absolute Gasteiger partial charge is 3.00 e. The molecule has 0 atom stereocenters. The summed E-state index contributed by atoms with van der Waals surface area (Å²) in [6.07, 6.45) is 11.3. The van der Waals surface area contributed by atoms with Crippen molar-refractivity contribution in [2.45, 2.75) is 102 Å². The van der Waals surface area contributed by atoms with Gasteiger partial charge in [-0.05, 0) is 73.0 Å². The van der Waals surface area contributed by atoms with Gasteiger partial charge in [0.1, 0.15) is 41.9 Å². The van der Waals surface area contributed by atoms with E-state index in [0.29, 0.717) is 90.5 Å². The zero-order valence-electron chi connectivity index (χ0n) is 46.9. The number of unbranched alkanes of at least 4 members (excludes halogenated alkanes) is 8. The molecule has 0 spiro atoms. The third-order valence-corrected chi connectivity index (χ3v) is 16.1. The molecular formula is C63H60F3N6O8RuS4. The summed E-state index contributed by atoms with van der Waals surface area (Å²) in [5, 5.41) is 15.3. The summed E-state index contributed by atoms with van der Waals surface area (Å²) >= 11 is 9.00. The summed E-state index contributed by atoms with van der Waals surface area (Å²) in [5.41, 5.74) is 3.59. The van der Waals surface area contributed by atoms with Crippen LogP contribution in [0, 0.1) is 17.9 Å². The van der Waals surface area contributed by atoms with Crippen LogP contribution in [0.2, 0.25) is 0 Å². The fourth-order valence-corrected chi connectivity index (χ4v) is 11.8. The van der Waals surface area contributed by atoms with E-state index in [4.69, 9.17) is 38.8 Å². The number of thioether (sulfide) groups is 1. The van der Waals surface area contributed by atoms with Crippen LogP contribution in [0.1, 0.15) is 108 Å². The van der Waals surface area contributed by atoms with Crippen molar-refractivity contribution >= 4 is 64.8 Å². The van der Waals surface area contributed by atoms with Crippen LogP contribution in [0.4, 0.5) is 13.2 Å². The molecular weight excluding hydrogens is 1260 g/mol. The third-order valence-electron chi connectivity index (χ3n) is 12.3. The van der Waals surface area contributed by atoms with E-state index in [2.05, 4.69) is 83.2 Å². The Labute approximate surface area is 523 Å². The number of hydrogen-bond acceptors (Lipinski definition) is 16. The van der Waals surface area contributed by atoms with Crippen molar-refractivity contribution in [1.29, 1.82) is 0 Å². The second-order valence-electron chi connectivity index (χ2n) is 18.6. The normalized spacial score (nSPS) is 11.2. The van der Waals surface area contributed by atoms with Crippen molar-refractivity contribution < 1.29 is 70.7 Å². The Morgan fingerprint density at radius 3 is 1.93 bits per heavy atom. The number of rotatable bonds is 26. The van der Waals surface area contributed by atoms with Crippen LogP contribution in [-0.4, -0.2) is 70.3 Å². The fourth-order valence-electron chi connectivity index (χ4n) is 8.28.